The van der Waals surface area contributed by atoms with Crippen LogP contribution in [0.3, 0.4) is 0 Å². The van der Waals surface area contributed by atoms with Crippen molar-refractivity contribution >= 4 is 23.0 Å². The Hall–Kier alpha value is -5.10. The molecule has 2 N–H and O–H groups in total. The molecule has 1 saturated heterocycles. The van der Waals surface area contributed by atoms with Gasteiger partial charge >= 0.3 is 17.6 Å². The SMILES string of the molecule is Cn1c(C(=O)O)cnc1CN1CC[C@H](n2c(=O)n(-c3ccc(-c4ccc(C(=O)O)cc4)nc3)c3cnccc32)C1. The summed E-state index contributed by atoms with van der Waals surface area (Å²) in [7, 11) is 1.69. The number of aromatic carboxylic acids is 2. The van der Waals surface area contributed by atoms with E-state index in [9.17, 15) is 19.5 Å². The first-order valence-electron chi connectivity index (χ1n) is 12.6. The molecule has 0 bridgehead atoms. The zero-order valence-electron chi connectivity index (χ0n) is 21.5. The molecule has 12 heteroatoms. The van der Waals surface area contributed by atoms with Crippen LogP contribution in [0.4, 0.5) is 0 Å². The van der Waals surface area contributed by atoms with Crippen molar-refractivity contribution in [2.45, 2.75) is 19.0 Å². The molecule has 1 aliphatic heterocycles. The average molecular weight is 540 g/mol. The number of benzene rings is 1. The van der Waals surface area contributed by atoms with Crippen LogP contribution in [0.15, 0.2) is 72.0 Å². The number of nitrogens with zero attached hydrogens (tertiary/aromatic N) is 7. The lowest BCUT2D eigenvalue weighted by molar-refractivity contribution is 0.0679. The normalized spacial score (nSPS) is 15.6. The molecule has 1 aromatic carbocycles. The van der Waals surface area contributed by atoms with Gasteiger partial charge in [0.1, 0.15) is 11.5 Å². The number of pyridine rings is 2. The Morgan fingerprint density at radius 3 is 2.42 bits per heavy atom. The van der Waals surface area contributed by atoms with Crippen molar-refractivity contribution in [1.82, 2.24) is 33.6 Å². The minimum atomic E-state index is -1.02. The van der Waals surface area contributed by atoms with Gasteiger partial charge in [-0.15, -0.1) is 0 Å². The first-order valence-corrected chi connectivity index (χ1v) is 12.6. The van der Waals surface area contributed by atoms with Gasteiger partial charge in [-0.2, -0.15) is 0 Å². The molecule has 0 saturated carbocycles. The molecule has 0 unspecified atom stereocenters. The van der Waals surface area contributed by atoms with Gasteiger partial charge in [0.05, 0.1) is 59.2 Å². The van der Waals surface area contributed by atoms with E-state index in [1.54, 1.807) is 57.5 Å². The van der Waals surface area contributed by atoms with E-state index in [-0.39, 0.29) is 23.0 Å². The first-order chi connectivity index (χ1) is 19.3. The minimum Gasteiger partial charge on any atom is -0.478 e. The van der Waals surface area contributed by atoms with E-state index in [0.717, 1.165) is 24.0 Å². The predicted molar refractivity (Wildman–Crippen MR) is 145 cm³/mol. The van der Waals surface area contributed by atoms with Gasteiger partial charge in [0.15, 0.2) is 0 Å². The maximum absolute atomic E-state index is 13.8. The second kappa shape index (κ2) is 9.89. The lowest BCUT2D eigenvalue weighted by Gasteiger charge is -2.16. The summed E-state index contributed by atoms with van der Waals surface area (Å²) in [5, 5.41) is 18.4. The molecule has 1 fully saturated rings. The molecular weight excluding hydrogens is 514 g/mol. The number of carbonyl (C=O) groups is 2. The summed E-state index contributed by atoms with van der Waals surface area (Å²) in [6.45, 7) is 1.83. The highest BCUT2D eigenvalue weighted by Crippen LogP contribution is 2.27. The van der Waals surface area contributed by atoms with Crippen LogP contribution in [0.25, 0.3) is 28.0 Å². The number of hydrogen-bond acceptors (Lipinski definition) is 7. The monoisotopic (exact) mass is 539 g/mol. The third kappa shape index (κ3) is 4.33. The molecular formula is C28H25N7O5. The molecule has 1 atom stereocenters. The first kappa shape index (κ1) is 25.2. The van der Waals surface area contributed by atoms with E-state index in [1.807, 2.05) is 12.1 Å². The lowest BCUT2D eigenvalue weighted by atomic mass is 10.1. The Morgan fingerprint density at radius 1 is 0.950 bits per heavy atom. The minimum absolute atomic E-state index is 0.0853. The zero-order valence-corrected chi connectivity index (χ0v) is 21.5. The molecule has 0 spiro atoms. The predicted octanol–water partition coefficient (Wildman–Crippen LogP) is 2.83. The van der Waals surface area contributed by atoms with E-state index >= 15 is 0 Å². The van der Waals surface area contributed by atoms with Crippen LogP contribution in [0.2, 0.25) is 0 Å². The summed E-state index contributed by atoms with van der Waals surface area (Å²) in [5.41, 5.74) is 3.59. The van der Waals surface area contributed by atoms with Crippen molar-refractivity contribution in [1.29, 1.82) is 0 Å². The van der Waals surface area contributed by atoms with Gasteiger partial charge in [0.2, 0.25) is 0 Å². The molecule has 1 aliphatic rings. The molecule has 12 nitrogen and oxygen atoms in total. The number of carboxylic acids is 2. The maximum Gasteiger partial charge on any atom is 0.354 e. The fraction of sp³-hybridized carbons (Fsp3) is 0.214. The van der Waals surface area contributed by atoms with Gasteiger partial charge in [-0.05, 0) is 36.8 Å². The van der Waals surface area contributed by atoms with Crippen molar-refractivity contribution < 1.29 is 19.8 Å². The van der Waals surface area contributed by atoms with Crippen molar-refractivity contribution in [3.8, 4) is 16.9 Å². The standard InChI is InChI=1S/C28H25N7O5/c1-32-24(27(38)39)14-31-25(32)16-33-11-9-20(15-33)35-22-8-10-29-13-23(22)34(28(35)40)19-6-7-21(30-12-19)17-2-4-18(5-3-17)26(36)37/h2-8,10,12-14,20H,9,11,15-16H2,1H3,(H,36,37)(H,38,39)/t20-/m0/s1. The van der Waals surface area contributed by atoms with E-state index in [1.165, 1.54) is 18.3 Å². The Kier molecular flexibility index (Phi) is 6.23. The van der Waals surface area contributed by atoms with Crippen molar-refractivity contribution in [2.24, 2.45) is 7.05 Å². The number of rotatable bonds is 7. The van der Waals surface area contributed by atoms with Gasteiger partial charge in [0.25, 0.3) is 0 Å². The van der Waals surface area contributed by atoms with Crippen LogP contribution >= 0.6 is 0 Å². The van der Waals surface area contributed by atoms with Gasteiger partial charge in [-0.25, -0.2) is 19.4 Å². The Morgan fingerprint density at radius 2 is 1.75 bits per heavy atom. The van der Waals surface area contributed by atoms with Crippen molar-refractivity contribution in [3.05, 3.63) is 94.8 Å². The molecule has 4 aromatic heterocycles. The Labute approximate surface area is 227 Å². The molecule has 6 rings (SSSR count). The number of likely N-dealkylation sites (tertiary alicyclic amines) is 1. The van der Waals surface area contributed by atoms with E-state index in [4.69, 9.17) is 5.11 Å². The van der Waals surface area contributed by atoms with Crippen LogP contribution < -0.4 is 5.69 Å². The molecule has 5 heterocycles. The Balaban J connectivity index is 1.29. The summed E-state index contributed by atoms with van der Waals surface area (Å²) in [6.07, 6.45) is 7.07. The number of imidazole rings is 2. The van der Waals surface area contributed by atoms with E-state index < -0.39 is 11.9 Å². The van der Waals surface area contributed by atoms with E-state index in [2.05, 4.69) is 19.9 Å². The summed E-state index contributed by atoms with van der Waals surface area (Å²) >= 11 is 0. The summed E-state index contributed by atoms with van der Waals surface area (Å²) in [4.78, 5) is 51.6. The second-order valence-corrected chi connectivity index (χ2v) is 9.74. The smallest absolute Gasteiger partial charge is 0.354 e. The van der Waals surface area contributed by atoms with Crippen molar-refractivity contribution in [3.63, 3.8) is 0 Å². The highest BCUT2D eigenvalue weighted by atomic mass is 16.4. The molecule has 0 radical (unpaired) electrons. The average Bonchev–Trinajstić information content (AvgIpc) is 3.64. The molecule has 0 amide bonds. The van der Waals surface area contributed by atoms with Gasteiger partial charge in [0, 0.05) is 31.9 Å². The quantitative estimate of drug-likeness (QED) is 0.318. The van der Waals surface area contributed by atoms with Crippen LogP contribution in [0.1, 0.15) is 39.1 Å². The number of fused-ring (bicyclic) bond motifs is 1. The molecule has 40 heavy (non-hydrogen) atoms. The number of aromatic nitrogens is 6. The van der Waals surface area contributed by atoms with Gasteiger partial charge in [-0.3, -0.25) is 24.0 Å². The maximum atomic E-state index is 13.8. The fourth-order valence-electron chi connectivity index (χ4n) is 5.30. The summed E-state index contributed by atoms with van der Waals surface area (Å²) in [5.74, 6) is -1.36. The summed E-state index contributed by atoms with van der Waals surface area (Å²) < 4.78 is 4.99. The summed E-state index contributed by atoms with van der Waals surface area (Å²) in [6, 6.07) is 11.8. The third-order valence-electron chi connectivity index (χ3n) is 7.39. The van der Waals surface area contributed by atoms with Crippen LogP contribution in [0, 0.1) is 0 Å². The van der Waals surface area contributed by atoms with Gasteiger partial charge in [-0.1, -0.05) is 12.1 Å². The molecule has 0 aliphatic carbocycles. The van der Waals surface area contributed by atoms with Gasteiger partial charge < -0.3 is 14.8 Å². The second-order valence-electron chi connectivity index (χ2n) is 9.74. The fourth-order valence-corrected chi connectivity index (χ4v) is 5.30. The van der Waals surface area contributed by atoms with Crippen LogP contribution in [-0.2, 0) is 13.6 Å². The topological polar surface area (TPSA) is 148 Å². The number of hydrogen-bond donors (Lipinski definition) is 2. The highest BCUT2D eigenvalue weighted by Gasteiger charge is 2.29. The zero-order chi connectivity index (χ0) is 28.0. The molecule has 202 valence electrons. The van der Waals surface area contributed by atoms with E-state index in [0.29, 0.717) is 35.8 Å². The lowest BCUT2D eigenvalue weighted by Crippen LogP contribution is -2.29. The Bertz CT molecular complexity index is 1800. The highest BCUT2D eigenvalue weighted by molar-refractivity contribution is 5.88. The van der Waals surface area contributed by atoms with Crippen LogP contribution in [0.5, 0.6) is 0 Å². The number of carboxylic acid groups (broad SMARTS) is 2. The van der Waals surface area contributed by atoms with Crippen LogP contribution in [-0.4, -0.2) is 68.8 Å². The largest absolute Gasteiger partial charge is 0.478 e. The van der Waals surface area contributed by atoms with Crippen molar-refractivity contribution in [2.75, 3.05) is 13.1 Å². The molecule has 5 aromatic rings. The third-order valence-corrected chi connectivity index (χ3v) is 7.39.